The molecule has 0 bridgehead atoms. The molecule has 0 heterocycles. The molecule has 17 heavy (non-hydrogen) atoms. The zero-order chi connectivity index (χ0) is 11.8. The van der Waals surface area contributed by atoms with E-state index in [1.807, 2.05) is 0 Å². The van der Waals surface area contributed by atoms with E-state index in [2.05, 4.69) is 10.6 Å². The number of ether oxygens (including phenoxy) is 1. The smallest absolute Gasteiger partial charge is 0.239 e. The molecule has 4 N–H and O–H groups in total. The Labute approximate surface area is 107 Å². The lowest BCUT2D eigenvalue weighted by Crippen LogP contribution is -2.40. The second kappa shape index (κ2) is 9.21. The van der Waals surface area contributed by atoms with Gasteiger partial charge < -0.3 is 21.1 Å². The molecular weight excluding hydrogens is 246 g/mol. The second-order valence-corrected chi connectivity index (χ2v) is 3.85. The van der Waals surface area contributed by atoms with E-state index in [0.717, 1.165) is 12.5 Å². The fraction of sp³-hybridized carbons (Fsp3) is 0.800. The highest BCUT2D eigenvalue weighted by Crippen LogP contribution is 2.28. The third-order valence-corrected chi connectivity index (χ3v) is 2.25. The van der Waals surface area contributed by atoms with E-state index in [-0.39, 0.29) is 37.3 Å². The number of hydrogen-bond acceptors (Lipinski definition) is 4. The van der Waals surface area contributed by atoms with Crippen LogP contribution in [-0.2, 0) is 14.3 Å². The van der Waals surface area contributed by atoms with Crippen LogP contribution in [0.2, 0.25) is 0 Å². The summed E-state index contributed by atoms with van der Waals surface area (Å²) >= 11 is 0. The lowest BCUT2D eigenvalue weighted by molar-refractivity contribution is -0.125. The number of amides is 2. The molecular formula is C10H20ClN3O3. The van der Waals surface area contributed by atoms with Crippen molar-refractivity contribution in [1.29, 1.82) is 0 Å². The standard InChI is InChI=1S/C10H19N3O3.ClH/c11-5-9(14)13-6-10(15)12-3-4-16-7-8-1-2-8;/h8H,1-7,11H2,(H,12,15)(H,13,14);1H. The van der Waals surface area contributed by atoms with Crippen LogP contribution in [0.15, 0.2) is 0 Å². The molecule has 0 aromatic carbocycles. The molecule has 0 unspecified atom stereocenters. The number of carbonyl (C=O) groups is 2. The third kappa shape index (κ3) is 8.91. The van der Waals surface area contributed by atoms with Crippen molar-refractivity contribution in [2.75, 3.05) is 32.8 Å². The van der Waals surface area contributed by atoms with E-state index in [1.54, 1.807) is 0 Å². The molecule has 1 rings (SSSR count). The van der Waals surface area contributed by atoms with Crippen molar-refractivity contribution in [2.24, 2.45) is 11.7 Å². The van der Waals surface area contributed by atoms with Gasteiger partial charge in [-0.15, -0.1) is 12.4 Å². The highest BCUT2D eigenvalue weighted by molar-refractivity contribution is 5.85. The highest BCUT2D eigenvalue weighted by atomic mass is 35.5. The van der Waals surface area contributed by atoms with E-state index in [1.165, 1.54) is 12.8 Å². The maximum absolute atomic E-state index is 11.2. The maximum Gasteiger partial charge on any atom is 0.239 e. The van der Waals surface area contributed by atoms with Crippen LogP contribution in [0.1, 0.15) is 12.8 Å². The lowest BCUT2D eigenvalue weighted by atomic mass is 10.5. The van der Waals surface area contributed by atoms with Gasteiger partial charge in [0.2, 0.25) is 11.8 Å². The summed E-state index contributed by atoms with van der Waals surface area (Å²) in [6.45, 7) is 1.66. The van der Waals surface area contributed by atoms with E-state index < -0.39 is 0 Å². The predicted octanol–water partition coefficient (Wildman–Crippen LogP) is -0.974. The molecule has 0 saturated heterocycles. The lowest BCUT2D eigenvalue weighted by Gasteiger charge is -2.06. The van der Waals surface area contributed by atoms with Crippen LogP contribution in [0.3, 0.4) is 0 Å². The molecule has 7 heteroatoms. The van der Waals surface area contributed by atoms with Gasteiger partial charge >= 0.3 is 0 Å². The fourth-order valence-electron chi connectivity index (χ4n) is 1.11. The van der Waals surface area contributed by atoms with Crippen LogP contribution >= 0.6 is 12.4 Å². The number of rotatable bonds is 8. The van der Waals surface area contributed by atoms with Gasteiger partial charge in [0.05, 0.1) is 19.7 Å². The van der Waals surface area contributed by atoms with E-state index in [4.69, 9.17) is 10.5 Å². The third-order valence-electron chi connectivity index (χ3n) is 2.25. The highest BCUT2D eigenvalue weighted by Gasteiger charge is 2.20. The minimum Gasteiger partial charge on any atom is -0.379 e. The van der Waals surface area contributed by atoms with E-state index >= 15 is 0 Å². The van der Waals surface area contributed by atoms with Gasteiger partial charge in [0, 0.05) is 13.2 Å². The van der Waals surface area contributed by atoms with Crippen LogP contribution < -0.4 is 16.4 Å². The summed E-state index contributed by atoms with van der Waals surface area (Å²) in [5.41, 5.74) is 5.07. The molecule has 100 valence electrons. The summed E-state index contributed by atoms with van der Waals surface area (Å²) in [5.74, 6) is 0.177. The molecule has 2 amide bonds. The Morgan fingerprint density at radius 2 is 1.94 bits per heavy atom. The molecule has 1 aliphatic rings. The van der Waals surface area contributed by atoms with Gasteiger partial charge in [0.15, 0.2) is 0 Å². The van der Waals surface area contributed by atoms with Gasteiger partial charge in [0.1, 0.15) is 0 Å². The van der Waals surface area contributed by atoms with Crippen molar-refractivity contribution in [3.63, 3.8) is 0 Å². The molecule has 0 radical (unpaired) electrons. The molecule has 0 aromatic rings. The summed E-state index contributed by atoms with van der Waals surface area (Å²) in [6, 6.07) is 0. The monoisotopic (exact) mass is 265 g/mol. The zero-order valence-electron chi connectivity index (χ0n) is 9.74. The largest absolute Gasteiger partial charge is 0.379 e. The van der Waals surface area contributed by atoms with Crippen molar-refractivity contribution in [2.45, 2.75) is 12.8 Å². The number of halogens is 1. The molecule has 6 nitrogen and oxygen atoms in total. The molecule has 0 spiro atoms. The van der Waals surface area contributed by atoms with E-state index in [0.29, 0.717) is 13.2 Å². The van der Waals surface area contributed by atoms with Gasteiger partial charge in [-0.25, -0.2) is 0 Å². The van der Waals surface area contributed by atoms with E-state index in [9.17, 15) is 9.59 Å². The minimum absolute atomic E-state index is 0. The Morgan fingerprint density at radius 3 is 2.53 bits per heavy atom. The zero-order valence-corrected chi connectivity index (χ0v) is 10.6. The van der Waals surface area contributed by atoms with Crippen LogP contribution in [-0.4, -0.2) is 44.7 Å². The van der Waals surface area contributed by atoms with Gasteiger partial charge in [-0.3, -0.25) is 9.59 Å². The van der Waals surface area contributed by atoms with Gasteiger partial charge in [-0.2, -0.15) is 0 Å². The maximum atomic E-state index is 11.2. The summed E-state index contributed by atoms with van der Waals surface area (Å²) in [4.78, 5) is 21.9. The van der Waals surface area contributed by atoms with Gasteiger partial charge in [0.25, 0.3) is 0 Å². The molecule has 0 aliphatic heterocycles. The summed E-state index contributed by atoms with van der Waals surface area (Å²) in [7, 11) is 0. The topological polar surface area (TPSA) is 93.5 Å². The van der Waals surface area contributed by atoms with Crippen molar-refractivity contribution in [1.82, 2.24) is 10.6 Å². The number of nitrogens with one attached hydrogen (secondary N) is 2. The molecule has 1 fully saturated rings. The first-order valence-electron chi connectivity index (χ1n) is 5.53. The minimum atomic E-state index is -0.333. The molecule has 1 aliphatic carbocycles. The Kier molecular flexibility index (Phi) is 8.75. The normalized spacial score (nSPS) is 13.7. The Balaban J connectivity index is 0.00000256. The van der Waals surface area contributed by atoms with Crippen molar-refractivity contribution in [3.05, 3.63) is 0 Å². The Hall–Kier alpha value is -0.850. The first-order chi connectivity index (χ1) is 7.72. The van der Waals surface area contributed by atoms with Crippen LogP contribution in [0.25, 0.3) is 0 Å². The predicted molar refractivity (Wildman–Crippen MR) is 65.9 cm³/mol. The average Bonchev–Trinajstić information content (AvgIpc) is 3.09. The summed E-state index contributed by atoms with van der Waals surface area (Å²) in [5, 5.41) is 5.02. The van der Waals surface area contributed by atoms with Crippen molar-refractivity contribution >= 4 is 24.2 Å². The van der Waals surface area contributed by atoms with Crippen molar-refractivity contribution < 1.29 is 14.3 Å². The number of nitrogens with two attached hydrogens (primary N) is 1. The average molecular weight is 266 g/mol. The van der Waals surface area contributed by atoms with Crippen molar-refractivity contribution in [3.8, 4) is 0 Å². The molecule has 0 atom stereocenters. The number of carbonyl (C=O) groups excluding carboxylic acids is 2. The van der Waals surface area contributed by atoms with Gasteiger partial charge in [-0.1, -0.05) is 0 Å². The first-order valence-corrected chi connectivity index (χ1v) is 5.53. The number of hydrogen-bond donors (Lipinski definition) is 3. The first kappa shape index (κ1) is 16.1. The van der Waals surface area contributed by atoms with Crippen LogP contribution in [0.4, 0.5) is 0 Å². The fourth-order valence-corrected chi connectivity index (χ4v) is 1.11. The van der Waals surface area contributed by atoms with Gasteiger partial charge in [-0.05, 0) is 18.8 Å². The molecule has 1 saturated carbocycles. The quantitative estimate of drug-likeness (QED) is 0.492. The van der Waals surface area contributed by atoms with Crippen LogP contribution in [0.5, 0.6) is 0 Å². The molecule has 0 aromatic heterocycles. The Bertz CT molecular complexity index is 247. The van der Waals surface area contributed by atoms with Crippen LogP contribution in [0, 0.1) is 5.92 Å². The summed E-state index contributed by atoms with van der Waals surface area (Å²) in [6.07, 6.45) is 2.52. The Morgan fingerprint density at radius 1 is 1.24 bits per heavy atom. The second-order valence-electron chi connectivity index (χ2n) is 3.85. The summed E-state index contributed by atoms with van der Waals surface area (Å²) < 4.78 is 5.33. The SMILES string of the molecule is Cl.NCC(=O)NCC(=O)NCCOCC1CC1.